The Bertz CT molecular complexity index is 1450. The number of nitrogens with one attached hydrogen (secondary N) is 1. The normalized spacial score (nSPS) is 14.5. The van der Waals surface area contributed by atoms with Gasteiger partial charge in [0.15, 0.2) is 0 Å². The number of benzene rings is 1. The summed E-state index contributed by atoms with van der Waals surface area (Å²) in [6, 6.07) is 5.82. The zero-order valence-corrected chi connectivity index (χ0v) is 18.6. The molecule has 4 aromatic rings. The molecular weight excluding hydrogens is 447 g/mol. The number of aryl methyl sites for hydroxylation is 1. The summed E-state index contributed by atoms with van der Waals surface area (Å²) in [6.45, 7) is 2.84. The SMILES string of the molecule is [2H]C([2H])([2H])n1cc(C(C)C)n(-c2ccnc(N[C@@H](C)c3cn(-c4ccc(C(F)(F)F)cc4)cn3)n2)c1=O. The molecule has 34 heavy (non-hydrogen) atoms. The summed E-state index contributed by atoms with van der Waals surface area (Å²) in [5.74, 6) is 0.227. The average Bonchev–Trinajstić information content (AvgIpc) is 3.44. The van der Waals surface area contributed by atoms with Crippen molar-refractivity contribution in [2.24, 2.45) is 6.98 Å². The molecule has 0 radical (unpaired) electrons. The van der Waals surface area contributed by atoms with Gasteiger partial charge in [0.25, 0.3) is 0 Å². The van der Waals surface area contributed by atoms with Gasteiger partial charge in [-0.25, -0.2) is 19.3 Å². The van der Waals surface area contributed by atoms with E-state index >= 15 is 0 Å². The van der Waals surface area contributed by atoms with E-state index in [4.69, 9.17) is 4.11 Å². The number of hydrogen-bond donors (Lipinski definition) is 1. The molecule has 0 bridgehead atoms. The second-order valence-corrected chi connectivity index (χ2v) is 8.05. The molecule has 178 valence electrons. The highest BCUT2D eigenvalue weighted by Gasteiger charge is 2.30. The fraction of sp³-hybridized carbons (Fsp3) is 0.304. The van der Waals surface area contributed by atoms with Gasteiger partial charge in [0, 0.05) is 47.1 Å². The maximum Gasteiger partial charge on any atom is 0.416 e. The van der Waals surface area contributed by atoms with Crippen molar-refractivity contribution in [2.75, 3.05) is 5.32 Å². The predicted molar refractivity (Wildman–Crippen MR) is 121 cm³/mol. The zero-order chi connectivity index (χ0) is 27.1. The van der Waals surface area contributed by atoms with Crippen LogP contribution in [0.3, 0.4) is 0 Å². The van der Waals surface area contributed by atoms with E-state index in [1.54, 1.807) is 17.7 Å². The lowest BCUT2D eigenvalue weighted by Crippen LogP contribution is -2.23. The molecule has 1 atom stereocenters. The number of alkyl halides is 3. The van der Waals surface area contributed by atoms with Gasteiger partial charge in [0.05, 0.1) is 23.6 Å². The molecule has 0 aliphatic heterocycles. The monoisotopic (exact) mass is 474 g/mol. The highest BCUT2D eigenvalue weighted by atomic mass is 19.4. The molecule has 1 aromatic carbocycles. The van der Waals surface area contributed by atoms with Crippen LogP contribution in [0.25, 0.3) is 11.5 Å². The topological polar surface area (TPSA) is 82.6 Å². The van der Waals surface area contributed by atoms with Gasteiger partial charge in [-0.2, -0.15) is 18.2 Å². The van der Waals surface area contributed by atoms with Crippen molar-refractivity contribution in [1.82, 2.24) is 28.7 Å². The van der Waals surface area contributed by atoms with Crippen LogP contribution in [0.2, 0.25) is 0 Å². The van der Waals surface area contributed by atoms with E-state index in [-0.39, 0.29) is 17.7 Å². The number of hydrogen-bond acceptors (Lipinski definition) is 5. The van der Waals surface area contributed by atoms with Crippen molar-refractivity contribution >= 4 is 5.95 Å². The summed E-state index contributed by atoms with van der Waals surface area (Å²) >= 11 is 0. The molecule has 0 spiro atoms. The summed E-state index contributed by atoms with van der Waals surface area (Å²) in [5, 5.41) is 3.09. The molecule has 4 rings (SSSR count). The Morgan fingerprint density at radius 3 is 2.44 bits per heavy atom. The van der Waals surface area contributed by atoms with E-state index in [2.05, 4.69) is 20.3 Å². The van der Waals surface area contributed by atoms with Crippen molar-refractivity contribution in [3.05, 3.63) is 82.7 Å². The van der Waals surface area contributed by atoms with E-state index in [1.165, 1.54) is 41.5 Å². The molecule has 0 amide bonds. The van der Waals surface area contributed by atoms with Gasteiger partial charge in [-0.05, 0) is 37.1 Å². The van der Waals surface area contributed by atoms with Crippen molar-refractivity contribution in [3.8, 4) is 11.5 Å². The fourth-order valence-electron chi connectivity index (χ4n) is 3.44. The second kappa shape index (κ2) is 8.81. The number of imidazole rings is 2. The average molecular weight is 475 g/mol. The Balaban J connectivity index is 1.58. The standard InChI is InChI=1S/C23H24F3N7O/c1-14(2)19-12-31(4)22(34)33(19)20-9-10-27-21(30-20)29-15(3)18-11-32(13-28-18)17-7-5-16(6-8-17)23(24,25)26/h5-15H,1-4H3,(H,27,29,30)/t15-/m0/s1/i4D3. The summed E-state index contributed by atoms with van der Waals surface area (Å²) in [7, 11) is 0. The Hall–Kier alpha value is -3.89. The van der Waals surface area contributed by atoms with Gasteiger partial charge in [-0.1, -0.05) is 13.8 Å². The number of aromatic nitrogens is 6. The van der Waals surface area contributed by atoms with Gasteiger partial charge in [0.1, 0.15) is 5.82 Å². The summed E-state index contributed by atoms with van der Waals surface area (Å²) in [4.78, 5) is 25.8. The minimum Gasteiger partial charge on any atom is -0.346 e. The Morgan fingerprint density at radius 1 is 1.06 bits per heavy atom. The summed E-state index contributed by atoms with van der Waals surface area (Å²) in [6.07, 6.45) is 1.50. The molecule has 1 N–H and O–H groups in total. The van der Waals surface area contributed by atoms with Crippen LogP contribution in [0, 0.1) is 0 Å². The van der Waals surface area contributed by atoms with Gasteiger partial charge in [-0.15, -0.1) is 0 Å². The first kappa shape index (κ1) is 19.6. The quantitative estimate of drug-likeness (QED) is 0.446. The van der Waals surface area contributed by atoms with Crippen LogP contribution in [-0.4, -0.2) is 28.7 Å². The van der Waals surface area contributed by atoms with E-state index in [0.717, 1.165) is 12.1 Å². The second-order valence-electron chi connectivity index (χ2n) is 8.05. The minimum absolute atomic E-state index is 0.157. The highest BCUT2D eigenvalue weighted by molar-refractivity contribution is 5.38. The zero-order valence-electron chi connectivity index (χ0n) is 21.6. The van der Waals surface area contributed by atoms with Crippen LogP contribution < -0.4 is 11.0 Å². The van der Waals surface area contributed by atoms with E-state index in [1.807, 2.05) is 13.8 Å². The van der Waals surface area contributed by atoms with E-state index in [9.17, 15) is 18.0 Å². The van der Waals surface area contributed by atoms with Crippen LogP contribution in [0.1, 0.15) is 53.8 Å². The molecule has 0 saturated heterocycles. The lowest BCUT2D eigenvalue weighted by Gasteiger charge is -2.13. The van der Waals surface area contributed by atoms with Gasteiger partial charge < -0.3 is 14.5 Å². The maximum absolute atomic E-state index is 12.9. The third-order valence-corrected chi connectivity index (χ3v) is 5.26. The molecule has 3 aromatic heterocycles. The van der Waals surface area contributed by atoms with Crippen LogP contribution in [0.4, 0.5) is 19.1 Å². The van der Waals surface area contributed by atoms with Crippen molar-refractivity contribution < 1.29 is 17.3 Å². The van der Waals surface area contributed by atoms with Crippen LogP contribution >= 0.6 is 0 Å². The summed E-state index contributed by atoms with van der Waals surface area (Å²) < 4.78 is 64.9. The van der Waals surface area contributed by atoms with Crippen molar-refractivity contribution in [2.45, 2.75) is 38.9 Å². The third kappa shape index (κ3) is 4.59. The number of anilines is 1. The van der Waals surface area contributed by atoms with E-state index < -0.39 is 30.4 Å². The largest absolute Gasteiger partial charge is 0.416 e. The molecular formula is C23H24F3N7O. The molecule has 8 nitrogen and oxygen atoms in total. The van der Waals surface area contributed by atoms with E-state index in [0.29, 0.717) is 21.6 Å². The lowest BCUT2D eigenvalue weighted by atomic mass is 10.1. The molecule has 11 heteroatoms. The number of rotatable bonds is 6. The Labute approximate surface area is 198 Å². The molecule has 0 saturated carbocycles. The van der Waals surface area contributed by atoms with Gasteiger partial charge >= 0.3 is 11.9 Å². The smallest absolute Gasteiger partial charge is 0.346 e. The Morgan fingerprint density at radius 2 is 1.79 bits per heavy atom. The highest BCUT2D eigenvalue weighted by Crippen LogP contribution is 2.29. The first-order chi connectivity index (χ1) is 17.3. The maximum atomic E-state index is 12.9. The molecule has 0 fully saturated rings. The van der Waals surface area contributed by atoms with Crippen molar-refractivity contribution in [1.29, 1.82) is 0 Å². The first-order valence-corrected chi connectivity index (χ1v) is 10.4. The van der Waals surface area contributed by atoms with Gasteiger partial charge in [-0.3, -0.25) is 0 Å². The Kier molecular flexibility index (Phi) is 5.07. The summed E-state index contributed by atoms with van der Waals surface area (Å²) in [5.41, 5.74) is 0.0856. The van der Waals surface area contributed by atoms with Crippen LogP contribution in [0.5, 0.6) is 0 Å². The molecule has 0 aliphatic rings. The third-order valence-electron chi connectivity index (χ3n) is 5.26. The molecule has 0 aliphatic carbocycles. The van der Waals surface area contributed by atoms with Crippen LogP contribution in [-0.2, 0) is 13.2 Å². The van der Waals surface area contributed by atoms with Gasteiger partial charge in [0.2, 0.25) is 5.95 Å². The predicted octanol–water partition coefficient (Wildman–Crippen LogP) is 4.47. The molecule has 3 heterocycles. The number of nitrogens with zero attached hydrogens (tertiary/aromatic N) is 6. The minimum atomic E-state index is -4.41. The first-order valence-electron chi connectivity index (χ1n) is 11.9. The number of halogens is 3. The lowest BCUT2D eigenvalue weighted by molar-refractivity contribution is -0.137. The van der Waals surface area contributed by atoms with Crippen LogP contribution in [0.15, 0.2) is 60.0 Å². The fourth-order valence-corrected chi connectivity index (χ4v) is 3.44. The molecule has 0 unspecified atom stereocenters. The van der Waals surface area contributed by atoms with Crippen molar-refractivity contribution in [3.63, 3.8) is 0 Å².